The topological polar surface area (TPSA) is 61.5 Å². The van der Waals surface area contributed by atoms with Crippen molar-refractivity contribution in [2.45, 2.75) is 13.5 Å². The number of esters is 1. The van der Waals surface area contributed by atoms with Gasteiger partial charge in [-0.15, -0.1) is 0 Å². The number of rotatable bonds is 4. The molecule has 0 aliphatic carbocycles. The van der Waals surface area contributed by atoms with Gasteiger partial charge in [-0.05, 0) is 19.1 Å². The lowest BCUT2D eigenvalue weighted by atomic mass is 10.1. The molecule has 0 aromatic heterocycles. The zero-order valence-corrected chi connectivity index (χ0v) is 10.5. The highest BCUT2D eigenvalue weighted by molar-refractivity contribution is 9.10. The van der Waals surface area contributed by atoms with Gasteiger partial charge in [-0.1, -0.05) is 15.9 Å². The molecule has 1 rings (SSSR count). The van der Waals surface area contributed by atoms with Gasteiger partial charge < -0.3 is 15.2 Å². The Bertz CT molecular complexity index is 426. The van der Waals surface area contributed by atoms with Gasteiger partial charge in [-0.3, -0.25) is 0 Å². The predicted octanol–water partition coefficient (Wildman–Crippen LogP) is 2.81. The summed E-state index contributed by atoms with van der Waals surface area (Å²) in [4.78, 5) is 11.5. The van der Waals surface area contributed by atoms with Crippen molar-refractivity contribution < 1.29 is 23.0 Å². The van der Waals surface area contributed by atoms with Crippen molar-refractivity contribution in [1.82, 2.24) is 0 Å². The van der Waals surface area contributed by atoms with Gasteiger partial charge in [0.05, 0.1) is 12.3 Å². The molecule has 0 unspecified atom stereocenters. The summed E-state index contributed by atoms with van der Waals surface area (Å²) in [7, 11) is 0. The summed E-state index contributed by atoms with van der Waals surface area (Å²) in [5.74, 6) is -1.11. The third-order valence-electron chi connectivity index (χ3n) is 1.79. The third-order valence-corrected chi connectivity index (χ3v) is 2.25. The predicted molar refractivity (Wildman–Crippen MR) is 61.1 cm³/mol. The maximum atomic E-state index is 12.2. The maximum absolute atomic E-state index is 12.2. The Morgan fingerprint density at radius 1 is 1.53 bits per heavy atom. The van der Waals surface area contributed by atoms with Crippen LogP contribution < -0.4 is 10.5 Å². The Morgan fingerprint density at radius 2 is 2.18 bits per heavy atom. The molecule has 1 aromatic carbocycles. The van der Waals surface area contributed by atoms with Crippen LogP contribution in [0.4, 0.5) is 14.5 Å². The standard InChI is InChI=1S/C10H10BrF2NO3/c1-2-16-9(15)8-6(14)3-5(11)4-7(8)17-10(12)13/h3-4,10H,2,14H2,1H3. The van der Waals surface area contributed by atoms with Crippen LogP contribution in [-0.2, 0) is 4.74 Å². The lowest BCUT2D eigenvalue weighted by molar-refractivity contribution is -0.0504. The number of nitrogens with two attached hydrogens (primary N) is 1. The average Bonchev–Trinajstić information content (AvgIpc) is 2.15. The normalized spacial score (nSPS) is 10.4. The lowest BCUT2D eigenvalue weighted by Crippen LogP contribution is -2.13. The van der Waals surface area contributed by atoms with Crippen molar-refractivity contribution in [2.75, 3.05) is 12.3 Å². The van der Waals surface area contributed by atoms with E-state index in [1.807, 2.05) is 0 Å². The number of hydrogen-bond acceptors (Lipinski definition) is 4. The molecule has 0 aliphatic rings. The summed E-state index contributed by atoms with van der Waals surface area (Å²) in [6.45, 7) is -1.33. The molecular formula is C10H10BrF2NO3. The van der Waals surface area contributed by atoms with E-state index in [-0.39, 0.29) is 23.6 Å². The van der Waals surface area contributed by atoms with E-state index in [1.54, 1.807) is 6.92 Å². The highest BCUT2D eigenvalue weighted by atomic mass is 79.9. The first-order chi connectivity index (χ1) is 7.95. The van der Waals surface area contributed by atoms with Gasteiger partial charge in [0.1, 0.15) is 11.3 Å². The highest BCUT2D eigenvalue weighted by Gasteiger charge is 2.20. The van der Waals surface area contributed by atoms with Crippen LogP contribution in [0.25, 0.3) is 0 Å². The van der Waals surface area contributed by atoms with Crippen LogP contribution >= 0.6 is 15.9 Å². The average molecular weight is 310 g/mol. The Morgan fingerprint density at radius 3 is 2.71 bits per heavy atom. The summed E-state index contributed by atoms with van der Waals surface area (Å²) in [5, 5.41) is 0. The fourth-order valence-corrected chi connectivity index (χ4v) is 1.67. The first-order valence-electron chi connectivity index (χ1n) is 4.66. The van der Waals surface area contributed by atoms with Crippen LogP contribution in [0.15, 0.2) is 16.6 Å². The number of hydrogen-bond donors (Lipinski definition) is 1. The van der Waals surface area contributed by atoms with Gasteiger partial charge in [0.15, 0.2) is 0 Å². The molecule has 0 amide bonds. The van der Waals surface area contributed by atoms with E-state index >= 15 is 0 Å². The molecule has 0 aliphatic heterocycles. The third kappa shape index (κ3) is 3.55. The molecule has 0 saturated heterocycles. The molecule has 0 atom stereocenters. The van der Waals surface area contributed by atoms with Crippen LogP contribution in [0, 0.1) is 0 Å². The van der Waals surface area contributed by atoms with Crippen LogP contribution in [0.2, 0.25) is 0 Å². The zero-order valence-electron chi connectivity index (χ0n) is 8.88. The van der Waals surface area contributed by atoms with Crippen molar-refractivity contribution in [2.24, 2.45) is 0 Å². The molecular weight excluding hydrogens is 300 g/mol. The molecule has 17 heavy (non-hydrogen) atoms. The largest absolute Gasteiger partial charge is 0.462 e. The Balaban J connectivity index is 3.20. The van der Waals surface area contributed by atoms with Crippen molar-refractivity contribution >= 4 is 27.6 Å². The van der Waals surface area contributed by atoms with Gasteiger partial charge in [0.2, 0.25) is 0 Å². The maximum Gasteiger partial charge on any atom is 0.387 e. The molecule has 94 valence electrons. The van der Waals surface area contributed by atoms with E-state index in [1.165, 1.54) is 12.1 Å². The second-order valence-corrected chi connectivity index (χ2v) is 3.88. The molecule has 4 nitrogen and oxygen atoms in total. The zero-order chi connectivity index (χ0) is 13.0. The Kier molecular flexibility index (Phi) is 4.68. The molecule has 0 saturated carbocycles. The minimum atomic E-state index is -3.04. The van der Waals surface area contributed by atoms with Gasteiger partial charge in [-0.25, -0.2) is 4.79 Å². The second-order valence-electron chi connectivity index (χ2n) is 2.97. The molecule has 2 N–H and O–H groups in total. The van der Waals surface area contributed by atoms with Crippen LogP contribution in [0.5, 0.6) is 5.75 Å². The first kappa shape index (κ1) is 13.7. The number of halogens is 3. The quantitative estimate of drug-likeness (QED) is 0.686. The first-order valence-corrected chi connectivity index (χ1v) is 5.46. The van der Waals surface area contributed by atoms with Gasteiger partial charge in [-0.2, -0.15) is 8.78 Å². The number of carbonyl (C=O) groups excluding carboxylic acids is 1. The van der Waals surface area contributed by atoms with Crippen LogP contribution in [0.1, 0.15) is 17.3 Å². The molecule has 0 heterocycles. The van der Waals surface area contributed by atoms with Gasteiger partial charge in [0.25, 0.3) is 0 Å². The van der Waals surface area contributed by atoms with Gasteiger partial charge >= 0.3 is 12.6 Å². The number of benzene rings is 1. The summed E-state index contributed by atoms with van der Waals surface area (Å²) in [6, 6.07) is 2.64. The Labute approximate surface area is 105 Å². The molecule has 0 bridgehead atoms. The van der Waals surface area contributed by atoms with E-state index in [0.717, 1.165) is 0 Å². The molecule has 7 heteroatoms. The number of nitrogen functional groups attached to an aromatic ring is 1. The number of ether oxygens (including phenoxy) is 2. The number of alkyl halides is 2. The van der Waals surface area contributed by atoms with Crippen molar-refractivity contribution in [3.63, 3.8) is 0 Å². The van der Waals surface area contributed by atoms with E-state index in [0.29, 0.717) is 4.47 Å². The smallest absolute Gasteiger partial charge is 0.387 e. The lowest BCUT2D eigenvalue weighted by Gasteiger charge is -2.12. The van der Waals surface area contributed by atoms with Crippen molar-refractivity contribution in [1.29, 1.82) is 0 Å². The highest BCUT2D eigenvalue weighted by Crippen LogP contribution is 2.31. The van der Waals surface area contributed by atoms with Crippen LogP contribution in [0.3, 0.4) is 0 Å². The number of carbonyl (C=O) groups is 1. The molecule has 0 radical (unpaired) electrons. The summed E-state index contributed by atoms with van der Waals surface area (Å²) in [6.07, 6.45) is 0. The molecule has 0 fully saturated rings. The summed E-state index contributed by atoms with van der Waals surface area (Å²) < 4.78 is 33.7. The minimum Gasteiger partial charge on any atom is -0.462 e. The monoisotopic (exact) mass is 309 g/mol. The number of anilines is 1. The summed E-state index contributed by atoms with van der Waals surface area (Å²) in [5.41, 5.74) is 5.38. The summed E-state index contributed by atoms with van der Waals surface area (Å²) >= 11 is 3.07. The molecule has 1 aromatic rings. The van der Waals surface area contributed by atoms with E-state index in [9.17, 15) is 13.6 Å². The molecule has 0 spiro atoms. The van der Waals surface area contributed by atoms with E-state index in [4.69, 9.17) is 10.5 Å². The van der Waals surface area contributed by atoms with Crippen molar-refractivity contribution in [3.05, 3.63) is 22.2 Å². The fourth-order valence-electron chi connectivity index (χ4n) is 1.21. The van der Waals surface area contributed by atoms with E-state index < -0.39 is 12.6 Å². The fraction of sp³-hybridized carbons (Fsp3) is 0.300. The SMILES string of the molecule is CCOC(=O)c1c(N)cc(Br)cc1OC(F)F. The minimum absolute atomic E-state index is 0.00785. The van der Waals surface area contributed by atoms with Crippen molar-refractivity contribution in [3.8, 4) is 5.75 Å². The second kappa shape index (κ2) is 5.81. The van der Waals surface area contributed by atoms with Gasteiger partial charge in [0, 0.05) is 4.47 Å². The Hall–Kier alpha value is -1.37. The van der Waals surface area contributed by atoms with E-state index in [2.05, 4.69) is 20.7 Å². The van der Waals surface area contributed by atoms with Crippen LogP contribution in [-0.4, -0.2) is 19.2 Å².